The Hall–Kier alpha value is -2.61. The van der Waals surface area contributed by atoms with E-state index in [4.69, 9.17) is 0 Å². The summed E-state index contributed by atoms with van der Waals surface area (Å²) in [5.41, 5.74) is 1.59. The summed E-state index contributed by atoms with van der Waals surface area (Å²) in [6.45, 7) is 1.39. The van der Waals surface area contributed by atoms with Gasteiger partial charge in [0.2, 0.25) is 5.95 Å². The van der Waals surface area contributed by atoms with E-state index in [-0.39, 0.29) is 11.6 Å². The molecule has 26 heavy (non-hydrogen) atoms. The first-order chi connectivity index (χ1) is 12.7. The molecule has 0 amide bonds. The Morgan fingerprint density at radius 1 is 1.12 bits per heavy atom. The highest BCUT2D eigenvalue weighted by molar-refractivity contribution is 9.10. The monoisotopic (exact) mass is 412 g/mol. The minimum absolute atomic E-state index is 0.105. The molecule has 1 aliphatic heterocycles. The third kappa shape index (κ3) is 3.50. The Morgan fingerprint density at radius 3 is 2.65 bits per heavy atom. The van der Waals surface area contributed by atoms with Gasteiger partial charge in [0.25, 0.3) is 5.56 Å². The lowest BCUT2D eigenvalue weighted by Crippen LogP contribution is -2.37. The van der Waals surface area contributed by atoms with E-state index in [0.717, 1.165) is 35.1 Å². The van der Waals surface area contributed by atoms with Gasteiger partial charge in [-0.25, -0.2) is 14.6 Å². The smallest absolute Gasteiger partial charge is 0.266 e. The van der Waals surface area contributed by atoms with Gasteiger partial charge in [0, 0.05) is 43.0 Å². The lowest BCUT2D eigenvalue weighted by atomic mass is 10.2. The predicted molar refractivity (Wildman–Crippen MR) is 102 cm³/mol. The Kier molecular flexibility index (Phi) is 4.75. The largest absolute Gasteiger partial charge is 0.336 e. The molecule has 1 atom stereocenters. The van der Waals surface area contributed by atoms with Crippen LogP contribution in [0.1, 0.15) is 12.8 Å². The van der Waals surface area contributed by atoms with Crippen molar-refractivity contribution in [2.45, 2.75) is 25.4 Å². The molecule has 7 nitrogen and oxygen atoms in total. The molecule has 1 unspecified atom stereocenters. The molecule has 1 fully saturated rings. The van der Waals surface area contributed by atoms with Crippen LogP contribution in [0.4, 0.5) is 5.95 Å². The van der Waals surface area contributed by atoms with Gasteiger partial charge in [-0.05, 0) is 47.0 Å². The van der Waals surface area contributed by atoms with Gasteiger partial charge < -0.3 is 4.90 Å². The minimum atomic E-state index is -0.105. The van der Waals surface area contributed by atoms with Crippen LogP contribution in [-0.4, -0.2) is 37.3 Å². The van der Waals surface area contributed by atoms with Gasteiger partial charge >= 0.3 is 0 Å². The SMILES string of the molecule is O=c1ccc(-c2ccncc2)nn1CC1CCCN1c1ncc(Br)cn1. The number of hydrogen-bond donors (Lipinski definition) is 0. The Morgan fingerprint density at radius 2 is 1.88 bits per heavy atom. The number of anilines is 1. The lowest BCUT2D eigenvalue weighted by Gasteiger charge is -2.24. The van der Waals surface area contributed by atoms with Crippen LogP contribution in [0.2, 0.25) is 0 Å². The fourth-order valence-electron chi connectivity index (χ4n) is 3.20. The van der Waals surface area contributed by atoms with Gasteiger partial charge in [0.15, 0.2) is 0 Å². The molecule has 0 N–H and O–H groups in total. The van der Waals surface area contributed by atoms with Crippen LogP contribution in [0.25, 0.3) is 11.3 Å². The van der Waals surface area contributed by atoms with Crippen molar-refractivity contribution in [1.29, 1.82) is 0 Å². The number of pyridine rings is 1. The molecule has 4 rings (SSSR count). The zero-order valence-electron chi connectivity index (χ0n) is 14.0. The van der Waals surface area contributed by atoms with Gasteiger partial charge in [0.05, 0.1) is 22.8 Å². The fraction of sp³-hybridized carbons (Fsp3) is 0.278. The maximum absolute atomic E-state index is 12.3. The number of rotatable bonds is 4. The number of aromatic nitrogens is 5. The summed E-state index contributed by atoms with van der Waals surface area (Å²) in [6, 6.07) is 7.23. The number of halogens is 1. The molecule has 0 aromatic carbocycles. The molecule has 0 saturated carbocycles. The van der Waals surface area contributed by atoms with Gasteiger partial charge in [-0.3, -0.25) is 9.78 Å². The summed E-state index contributed by atoms with van der Waals surface area (Å²) < 4.78 is 2.39. The Balaban J connectivity index is 1.60. The molecule has 3 aromatic heterocycles. The van der Waals surface area contributed by atoms with Crippen molar-refractivity contribution in [3.8, 4) is 11.3 Å². The minimum Gasteiger partial charge on any atom is -0.336 e. The highest BCUT2D eigenvalue weighted by Crippen LogP contribution is 2.24. The molecule has 0 aliphatic carbocycles. The third-order valence-electron chi connectivity index (χ3n) is 4.47. The van der Waals surface area contributed by atoms with E-state index in [1.165, 1.54) is 4.68 Å². The van der Waals surface area contributed by atoms with Crippen LogP contribution in [0.15, 0.2) is 58.3 Å². The molecule has 1 aliphatic rings. The molecule has 8 heteroatoms. The quantitative estimate of drug-likeness (QED) is 0.655. The average Bonchev–Trinajstić information content (AvgIpc) is 3.13. The Labute approximate surface area is 158 Å². The van der Waals surface area contributed by atoms with Crippen molar-refractivity contribution in [2.24, 2.45) is 0 Å². The maximum atomic E-state index is 12.3. The van der Waals surface area contributed by atoms with E-state index in [2.05, 4.69) is 40.9 Å². The fourth-order valence-corrected chi connectivity index (χ4v) is 3.40. The zero-order valence-corrected chi connectivity index (χ0v) is 15.6. The van der Waals surface area contributed by atoms with Crippen molar-refractivity contribution in [1.82, 2.24) is 24.7 Å². The summed E-state index contributed by atoms with van der Waals surface area (Å²) in [5, 5.41) is 4.55. The normalized spacial score (nSPS) is 16.8. The average molecular weight is 413 g/mol. The van der Waals surface area contributed by atoms with E-state index < -0.39 is 0 Å². The molecule has 0 radical (unpaired) electrons. The molecule has 0 spiro atoms. The lowest BCUT2D eigenvalue weighted by molar-refractivity contribution is 0.487. The molecule has 4 heterocycles. The summed E-state index contributed by atoms with van der Waals surface area (Å²) in [5.74, 6) is 0.689. The Bertz CT molecular complexity index is 944. The molecule has 0 bridgehead atoms. The summed E-state index contributed by atoms with van der Waals surface area (Å²) in [7, 11) is 0. The maximum Gasteiger partial charge on any atom is 0.266 e. The second kappa shape index (κ2) is 7.33. The van der Waals surface area contributed by atoms with Crippen molar-refractivity contribution in [3.05, 3.63) is 63.9 Å². The second-order valence-electron chi connectivity index (χ2n) is 6.17. The number of hydrogen-bond acceptors (Lipinski definition) is 6. The molecule has 3 aromatic rings. The standard InChI is InChI=1S/C18H17BrN6O/c19-14-10-21-18(22-11-14)24-9-1-2-15(24)12-25-17(26)4-3-16(23-25)13-5-7-20-8-6-13/h3-8,10-11,15H,1-2,9,12H2. The van der Waals surface area contributed by atoms with E-state index in [0.29, 0.717) is 12.5 Å². The van der Waals surface area contributed by atoms with Crippen molar-refractivity contribution < 1.29 is 0 Å². The first-order valence-electron chi connectivity index (χ1n) is 8.43. The topological polar surface area (TPSA) is 76.8 Å². The predicted octanol–water partition coefficient (Wildman–Crippen LogP) is 2.53. The van der Waals surface area contributed by atoms with E-state index in [9.17, 15) is 4.79 Å². The van der Waals surface area contributed by atoms with Crippen LogP contribution in [0.3, 0.4) is 0 Å². The van der Waals surface area contributed by atoms with Crippen LogP contribution < -0.4 is 10.5 Å². The molecule has 1 saturated heterocycles. The highest BCUT2D eigenvalue weighted by atomic mass is 79.9. The second-order valence-corrected chi connectivity index (χ2v) is 7.08. The summed E-state index contributed by atoms with van der Waals surface area (Å²) in [4.78, 5) is 27.3. The molecular weight excluding hydrogens is 396 g/mol. The van der Waals surface area contributed by atoms with Crippen LogP contribution in [0, 0.1) is 0 Å². The van der Waals surface area contributed by atoms with Crippen molar-refractivity contribution >= 4 is 21.9 Å². The summed E-state index contributed by atoms with van der Waals surface area (Å²) in [6.07, 6.45) is 8.94. The van der Waals surface area contributed by atoms with E-state index >= 15 is 0 Å². The van der Waals surface area contributed by atoms with Gasteiger partial charge in [-0.1, -0.05) is 0 Å². The van der Waals surface area contributed by atoms with Gasteiger partial charge in [0.1, 0.15) is 0 Å². The van der Waals surface area contributed by atoms with Gasteiger partial charge in [-0.15, -0.1) is 0 Å². The number of nitrogens with zero attached hydrogens (tertiary/aromatic N) is 6. The van der Waals surface area contributed by atoms with Crippen LogP contribution in [0.5, 0.6) is 0 Å². The van der Waals surface area contributed by atoms with Crippen LogP contribution in [-0.2, 0) is 6.54 Å². The van der Waals surface area contributed by atoms with Crippen molar-refractivity contribution in [2.75, 3.05) is 11.4 Å². The molecular formula is C18H17BrN6O. The van der Waals surface area contributed by atoms with Crippen LogP contribution >= 0.6 is 15.9 Å². The van der Waals surface area contributed by atoms with Crippen molar-refractivity contribution in [3.63, 3.8) is 0 Å². The molecule has 132 valence electrons. The highest BCUT2D eigenvalue weighted by Gasteiger charge is 2.27. The first-order valence-corrected chi connectivity index (χ1v) is 9.23. The van der Waals surface area contributed by atoms with E-state index in [1.807, 2.05) is 12.1 Å². The van der Waals surface area contributed by atoms with Gasteiger partial charge in [-0.2, -0.15) is 5.10 Å². The summed E-state index contributed by atoms with van der Waals surface area (Å²) >= 11 is 3.36. The zero-order chi connectivity index (χ0) is 17.9. The van der Waals surface area contributed by atoms with E-state index in [1.54, 1.807) is 36.9 Å². The third-order valence-corrected chi connectivity index (χ3v) is 4.88. The first kappa shape index (κ1) is 16.8.